The van der Waals surface area contributed by atoms with Crippen LogP contribution in [0.15, 0.2) is 18.2 Å². The predicted octanol–water partition coefficient (Wildman–Crippen LogP) is 3.13. The van der Waals surface area contributed by atoms with Crippen LogP contribution in [0, 0.1) is 12.7 Å². The molecule has 1 heterocycles. The van der Waals surface area contributed by atoms with Crippen LogP contribution < -0.4 is 10.2 Å². The highest BCUT2D eigenvalue weighted by Gasteiger charge is 2.12. The van der Waals surface area contributed by atoms with Crippen LogP contribution in [0.5, 0.6) is 0 Å². The minimum absolute atomic E-state index is 0.0559. The van der Waals surface area contributed by atoms with Gasteiger partial charge in [0.1, 0.15) is 5.82 Å². The quantitative estimate of drug-likeness (QED) is 0.846. The average Bonchev–Trinajstić information content (AvgIpc) is 2.83. The van der Waals surface area contributed by atoms with Gasteiger partial charge in [0.05, 0.1) is 16.8 Å². The van der Waals surface area contributed by atoms with E-state index in [-0.39, 0.29) is 5.02 Å². The lowest BCUT2D eigenvalue weighted by Gasteiger charge is -2.12. The Morgan fingerprint density at radius 1 is 1.45 bits per heavy atom. The van der Waals surface area contributed by atoms with Crippen LogP contribution in [-0.2, 0) is 6.54 Å². The number of nitrogens with zero attached hydrogens (tertiary/aromatic N) is 2. The van der Waals surface area contributed by atoms with Gasteiger partial charge in [-0.15, -0.1) is 11.3 Å². The molecule has 0 amide bonds. The molecule has 120 valence electrons. The van der Waals surface area contributed by atoms with E-state index in [1.165, 1.54) is 12.1 Å². The zero-order valence-corrected chi connectivity index (χ0v) is 14.3. The third kappa shape index (κ3) is 4.16. The Labute approximate surface area is 138 Å². The third-order valence-electron chi connectivity index (χ3n) is 3.22. The first-order chi connectivity index (χ1) is 10.4. The average molecular weight is 344 g/mol. The Morgan fingerprint density at radius 2 is 2.18 bits per heavy atom. The van der Waals surface area contributed by atoms with E-state index in [9.17, 15) is 9.50 Å². The van der Waals surface area contributed by atoms with Gasteiger partial charge in [0.2, 0.25) is 0 Å². The van der Waals surface area contributed by atoms with E-state index < -0.39 is 11.9 Å². The van der Waals surface area contributed by atoms with Crippen molar-refractivity contribution in [2.75, 3.05) is 25.5 Å². The minimum Gasteiger partial charge on any atom is -0.387 e. The number of thiazole rings is 1. The molecule has 7 heteroatoms. The van der Waals surface area contributed by atoms with Crippen LogP contribution in [0.1, 0.15) is 22.2 Å². The second-order valence-corrected chi connectivity index (χ2v) is 6.69. The molecule has 0 fully saturated rings. The van der Waals surface area contributed by atoms with Crippen molar-refractivity contribution < 1.29 is 9.50 Å². The van der Waals surface area contributed by atoms with Gasteiger partial charge in [-0.2, -0.15) is 0 Å². The molecule has 0 radical (unpaired) electrons. The lowest BCUT2D eigenvalue weighted by Crippen LogP contribution is -2.21. The van der Waals surface area contributed by atoms with Gasteiger partial charge in [0, 0.05) is 32.1 Å². The summed E-state index contributed by atoms with van der Waals surface area (Å²) in [6.07, 6.45) is -0.784. The minimum atomic E-state index is -0.784. The number of anilines is 1. The normalized spacial score (nSPS) is 12.5. The van der Waals surface area contributed by atoms with E-state index in [4.69, 9.17) is 11.6 Å². The van der Waals surface area contributed by atoms with Gasteiger partial charge >= 0.3 is 0 Å². The Kier molecular flexibility index (Phi) is 5.74. The van der Waals surface area contributed by atoms with E-state index >= 15 is 0 Å². The van der Waals surface area contributed by atoms with Crippen LogP contribution in [0.25, 0.3) is 0 Å². The van der Waals surface area contributed by atoms with Crippen molar-refractivity contribution >= 4 is 28.1 Å². The highest BCUT2D eigenvalue weighted by atomic mass is 35.5. The molecule has 22 heavy (non-hydrogen) atoms. The molecule has 2 aromatic rings. The highest BCUT2D eigenvalue weighted by molar-refractivity contribution is 7.15. The summed E-state index contributed by atoms with van der Waals surface area (Å²) in [7, 11) is 3.91. The summed E-state index contributed by atoms with van der Waals surface area (Å²) in [5, 5.41) is 14.3. The summed E-state index contributed by atoms with van der Waals surface area (Å²) in [4.78, 5) is 7.55. The number of halogens is 2. The monoisotopic (exact) mass is 343 g/mol. The fourth-order valence-electron chi connectivity index (χ4n) is 1.93. The number of aromatic nitrogens is 1. The smallest absolute Gasteiger partial charge is 0.185 e. The van der Waals surface area contributed by atoms with E-state index in [1.807, 2.05) is 25.9 Å². The van der Waals surface area contributed by atoms with Crippen molar-refractivity contribution in [3.8, 4) is 0 Å². The molecule has 0 aliphatic rings. The van der Waals surface area contributed by atoms with E-state index in [0.29, 0.717) is 18.7 Å². The van der Waals surface area contributed by atoms with Crippen molar-refractivity contribution in [1.29, 1.82) is 0 Å². The van der Waals surface area contributed by atoms with Crippen LogP contribution >= 0.6 is 22.9 Å². The zero-order chi connectivity index (χ0) is 16.3. The van der Waals surface area contributed by atoms with Crippen molar-refractivity contribution in [3.05, 3.63) is 45.2 Å². The second kappa shape index (κ2) is 7.37. The van der Waals surface area contributed by atoms with Gasteiger partial charge in [-0.05, 0) is 24.6 Å². The number of hydrogen-bond acceptors (Lipinski definition) is 5. The van der Waals surface area contributed by atoms with Gasteiger partial charge < -0.3 is 15.3 Å². The largest absolute Gasteiger partial charge is 0.387 e. The molecule has 1 atom stereocenters. The summed E-state index contributed by atoms with van der Waals surface area (Å²) in [5.41, 5.74) is 1.48. The maximum absolute atomic E-state index is 13.4. The van der Waals surface area contributed by atoms with Gasteiger partial charge in [0.25, 0.3) is 0 Å². The molecule has 1 unspecified atom stereocenters. The van der Waals surface area contributed by atoms with E-state index in [2.05, 4.69) is 10.3 Å². The van der Waals surface area contributed by atoms with Crippen LogP contribution in [0.2, 0.25) is 5.02 Å². The van der Waals surface area contributed by atoms with Crippen LogP contribution in [-0.4, -0.2) is 30.7 Å². The molecule has 1 aromatic heterocycles. The SMILES string of the molecule is Cc1nc(N(C)C)sc1CNCC(O)c1ccc(Cl)c(F)c1. The van der Waals surface area contributed by atoms with Gasteiger partial charge in [-0.25, -0.2) is 9.37 Å². The Morgan fingerprint density at radius 3 is 2.77 bits per heavy atom. The number of rotatable bonds is 6. The van der Waals surface area contributed by atoms with Gasteiger partial charge in [0.15, 0.2) is 5.13 Å². The standard InChI is InChI=1S/C15H19ClFN3OS/c1-9-14(22-15(19-9)20(2)3)8-18-7-13(21)10-4-5-11(16)12(17)6-10/h4-6,13,18,21H,7-8H2,1-3H3. The molecule has 1 aromatic carbocycles. The first kappa shape index (κ1) is 17.1. The fraction of sp³-hybridized carbons (Fsp3) is 0.400. The fourth-order valence-corrected chi connectivity index (χ4v) is 3.00. The van der Waals surface area contributed by atoms with Crippen LogP contribution in [0.4, 0.5) is 9.52 Å². The molecular formula is C15H19ClFN3OS. The second-order valence-electron chi connectivity index (χ2n) is 5.22. The molecule has 0 saturated heterocycles. The van der Waals surface area contributed by atoms with Gasteiger partial charge in [-0.1, -0.05) is 17.7 Å². The van der Waals surface area contributed by atoms with Crippen molar-refractivity contribution in [2.45, 2.75) is 19.6 Å². The molecular weight excluding hydrogens is 325 g/mol. The topological polar surface area (TPSA) is 48.4 Å². The maximum atomic E-state index is 13.4. The Balaban J connectivity index is 1.91. The lowest BCUT2D eigenvalue weighted by molar-refractivity contribution is 0.174. The van der Waals surface area contributed by atoms with Crippen molar-refractivity contribution in [1.82, 2.24) is 10.3 Å². The molecule has 2 N–H and O–H groups in total. The predicted molar refractivity (Wildman–Crippen MR) is 89.3 cm³/mol. The first-order valence-electron chi connectivity index (χ1n) is 6.86. The highest BCUT2D eigenvalue weighted by Crippen LogP contribution is 2.24. The molecule has 0 aliphatic heterocycles. The van der Waals surface area contributed by atoms with Crippen molar-refractivity contribution in [3.63, 3.8) is 0 Å². The summed E-state index contributed by atoms with van der Waals surface area (Å²) >= 11 is 7.25. The van der Waals surface area contributed by atoms with E-state index in [0.717, 1.165) is 15.7 Å². The third-order valence-corrected chi connectivity index (χ3v) is 4.85. The Bertz CT molecular complexity index is 648. The van der Waals surface area contributed by atoms with Crippen LogP contribution in [0.3, 0.4) is 0 Å². The number of aryl methyl sites for hydroxylation is 1. The summed E-state index contributed by atoms with van der Waals surface area (Å²) < 4.78 is 13.4. The summed E-state index contributed by atoms with van der Waals surface area (Å²) in [6, 6.07) is 4.34. The molecule has 0 saturated carbocycles. The molecule has 4 nitrogen and oxygen atoms in total. The number of aliphatic hydroxyl groups excluding tert-OH is 1. The lowest BCUT2D eigenvalue weighted by atomic mass is 10.1. The molecule has 2 rings (SSSR count). The number of nitrogens with one attached hydrogen (secondary N) is 1. The first-order valence-corrected chi connectivity index (χ1v) is 8.05. The maximum Gasteiger partial charge on any atom is 0.185 e. The molecule has 0 spiro atoms. The zero-order valence-electron chi connectivity index (χ0n) is 12.7. The summed E-state index contributed by atoms with van der Waals surface area (Å²) in [6.45, 7) is 2.91. The Hall–Kier alpha value is -1.21. The number of hydrogen-bond donors (Lipinski definition) is 2. The van der Waals surface area contributed by atoms with Crippen molar-refractivity contribution in [2.24, 2.45) is 0 Å². The molecule has 0 bridgehead atoms. The summed E-state index contributed by atoms with van der Waals surface area (Å²) in [5.74, 6) is -0.521. The molecule has 0 aliphatic carbocycles. The number of benzene rings is 1. The van der Waals surface area contributed by atoms with Gasteiger partial charge in [-0.3, -0.25) is 0 Å². The van der Waals surface area contributed by atoms with E-state index in [1.54, 1.807) is 17.4 Å². The number of aliphatic hydroxyl groups is 1.